The van der Waals surface area contributed by atoms with Crippen LogP contribution in [0, 0.1) is 0 Å². The van der Waals surface area contributed by atoms with E-state index in [1.165, 1.54) is 25.0 Å². The zero-order valence-corrected chi connectivity index (χ0v) is 29.6. The van der Waals surface area contributed by atoms with Crippen LogP contribution in [0.15, 0.2) is 22.2 Å². The number of aromatic amines is 1. The lowest BCUT2D eigenvalue weighted by Gasteiger charge is -2.21. The van der Waals surface area contributed by atoms with E-state index in [-0.39, 0.29) is 34.2 Å². The van der Waals surface area contributed by atoms with Crippen molar-refractivity contribution in [3.8, 4) is 0 Å². The number of phosphoric acid groups is 3. The summed E-state index contributed by atoms with van der Waals surface area (Å²) in [5.74, 6) is -0.501. The third-order valence-corrected chi connectivity index (χ3v) is 12.3. The van der Waals surface area contributed by atoms with E-state index in [9.17, 15) is 58.4 Å². The van der Waals surface area contributed by atoms with Crippen molar-refractivity contribution in [2.24, 2.45) is 14.1 Å². The maximum atomic E-state index is 12.5. The zero-order valence-electron chi connectivity index (χ0n) is 26.9. The molecule has 31 heteroatoms. The van der Waals surface area contributed by atoms with Crippen molar-refractivity contribution in [3.05, 3.63) is 33.4 Å². The van der Waals surface area contributed by atoms with Gasteiger partial charge in [0.2, 0.25) is 17.7 Å². The summed E-state index contributed by atoms with van der Waals surface area (Å²) >= 11 is 0. The molecule has 11 atom stereocenters. The van der Waals surface area contributed by atoms with Crippen LogP contribution in [-0.4, -0.2) is 119 Å². The van der Waals surface area contributed by atoms with Gasteiger partial charge in [-0.1, -0.05) is 4.98 Å². The highest BCUT2D eigenvalue weighted by atomic mass is 31.3. The predicted octanol–water partition coefficient (Wildman–Crippen LogP) is -4.54. The fraction of sp³-hybridized carbons (Fsp3) is 0.545. The highest BCUT2D eigenvalue weighted by Crippen LogP contribution is 2.67. The van der Waals surface area contributed by atoms with Crippen LogP contribution in [0.3, 0.4) is 0 Å². The Kier molecular flexibility index (Phi) is 10.3. The number of anilines is 2. The molecule has 2 aliphatic rings. The molecule has 0 spiro atoms. The molecule has 292 valence electrons. The first kappa shape index (κ1) is 39.2. The zero-order chi connectivity index (χ0) is 38.9. The minimum absolute atomic E-state index is 0.0102. The average molecular weight is 817 g/mol. The van der Waals surface area contributed by atoms with E-state index >= 15 is 0 Å². The first-order valence-corrected chi connectivity index (χ1v) is 19.3. The number of hydrogen-bond acceptors (Lipinski definition) is 20. The Morgan fingerprint density at radius 2 is 1.47 bits per heavy atom. The van der Waals surface area contributed by atoms with Gasteiger partial charge in [-0.05, 0) is 0 Å². The van der Waals surface area contributed by atoms with Gasteiger partial charge in [0.05, 0.1) is 26.6 Å². The lowest BCUT2D eigenvalue weighted by Crippen LogP contribution is -2.46. The van der Waals surface area contributed by atoms with Gasteiger partial charge in [-0.2, -0.15) is 13.6 Å². The number of aliphatic hydroxyl groups is 4. The van der Waals surface area contributed by atoms with Crippen molar-refractivity contribution in [2.75, 3.05) is 24.7 Å². The number of nitrogens with zero attached hydrogens (tertiary/aromatic N) is 7. The number of rotatable bonds is 12. The standard InChI is InChI=1S/C22H31N10O18P3/c1-29-6-32(16-10(29)17(37)28-21(23)26-16)20-14(36)12(34)8(48-20)4-46-52(41,42)50-53(43,44)49-51(39,40)45-3-7-11(33)13(35)19(47-7)31-5-25-9-15(31)27-22(24)30(2)18(9)38/h5-8,11-14,19-20,33-36H,3-4H2,1-2H3,(H7-,23,24,26,27,28,37,38,39,40,41,42,43,44)/p+1/t7-,8-,11?,12?,13+,14+,19-,20-/m1/s1. The van der Waals surface area contributed by atoms with Gasteiger partial charge in [0, 0.05) is 7.05 Å². The van der Waals surface area contributed by atoms with Gasteiger partial charge in [-0.3, -0.25) is 37.3 Å². The van der Waals surface area contributed by atoms with E-state index in [1.54, 1.807) is 0 Å². The quantitative estimate of drug-likeness (QED) is 0.0475. The minimum Gasteiger partial charge on any atom is -0.387 e. The molecule has 6 rings (SSSR count). The molecule has 2 aliphatic heterocycles. The van der Waals surface area contributed by atoms with Gasteiger partial charge in [0.1, 0.15) is 36.6 Å². The molecule has 6 heterocycles. The van der Waals surface area contributed by atoms with E-state index in [2.05, 4.69) is 37.6 Å². The van der Waals surface area contributed by atoms with Crippen molar-refractivity contribution >= 4 is 57.7 Å². The second-order valence-corrected chi connectivity index (χ2v) is 16.3. The minimum atomic E-state index is -6.00. The number of ether oxygens (including phenoxy) is 2. The van der Waals surface area contributed by atoms with Crippen molar-refractivity contribution in [1.82, 2.24) is 33.6 Å². The van der Waals surface area contributed by atoms with E-state index < -0.39 is 96.9 Å². The van der Waals surface area contributed by atoms with Gasteiger partial charge >= 0.3 is 29.1 Å². The fourth-order valence-electron chi connectivity index (χ4n) is 5.56. The molecule has 5 unspecified atom stereocenters. The molecule has 2 saturated heterocycles. The smallest absolute Gasteiger partial charge is 0.387 e. The number of H-pyrrole nitrogens is 1. The Hall–Kier alpha value is -3.53. The number of nitrogens with two attached hydrogens (primary N) is 2. The summed E-state index contributed by atoms with van der Waals surface area (Å²) < 4.78 is 70.3. The third-order valence-electron chi connectivity index (χ3n) is 8.07. The number of hydrogen-bond donors (Lipinski definition) is 10. The summed E-state index contributed by atoms with van der Waals surface area (Å²) in [6, 6.07) is 0. The number of aryl methyl sites for hydroxylation is 1. The Morgan fingerprint density at radius 3 is 2.09 bits per heavy atom. The lowest BCUT2D eigenvalue weighted by atomic mass is 10.1. The van der Waals surface area contributed by atoms with E-state index in [0.717, 1.165) is 20.0 Å². The molecule has 2 fully saturated rings. The third kappa shape index (κ3) is 7.59. The van der Waals surface area contributed by atoms with E-state index in [1.807, 2.05) is 0 Å². The molecule has 0 saturated carbocycles. The SMILES string of the molecule is Cn1c(N)nc2c(ncn2[C@@H]2O[C@H](COP(=O)(O)OP(=O)(O)OP(=O)(O)OC[C@H]3O[C@@H]([n+]4cn(C)c5c(=O)[nH]c(N)nc54)[C@@H](O)C3O)C(O)[C@@H]2O)c1=O. The molecule has 0 radical (unpaired) electrons. The van der Waals surface area contributed by atoms with Crippen LogP contribution in [0.2, 0.25) is 0 Å². The van der Waals surface area contributed by atoms with Crippen molar-refractivity contribution in [3.63, 3.8) is 0 Å². The molecule has 4 aromatic rings. The summed E-state index contributed by atoms with van der Waals surface area (Å²) in [5, 5.41) is 42.2. The van der Waals surface area contributed by atoms with Crippen LogP contribution in [-0.2, 0) is 54.9 Å². The first-order valence-electron chi connectivity index (χ1n) is 14.8. The Bertz CT molecular complexity index is 2330. The van der Waals surface area contributed by atoms with Crippen LogP contribution < -0.4 is 27.2 Å². The first-order chi connectivity index (χ1) is 24.6. The Balaban J connectivity index is 1.05. The van der Waals surface area contributed by atoms with Gasteiger partial charge in [0.25, 0.3) is 17.1 Å². The normalized spacial score (nSPS) is 29.8. The molecule has 4 aromatic heterocycles. The average Bonchev–Trinajstić information content (AvgIpc) is 3.76. The highest BCUT2D eigenvalue weighted by molar-refractivity contribution is 7.66. The molecule has 12 N–H and O–H groups in total. The molecule has 0 aromatic carbocycles. The highest BCUT2D eigenvalue weighted by Gasteiger charge is 2.50. The number of nitrogens with one attached hydrogen (secondary N) is 1. The van der Waals surface area contributed by atoms with E-state index in [0.29, 0.717) is 0 Å². The van der Waals surface area contributed by atoms with E-state index in [4.69, 9.17) is 20.9 Å². The lowest BCUT2D eigenvalue weighted by molar-refractivity contribution is -0.745. The number of phosphoric ester groups is 2. The van der Waals surface area contributed by atoms with Gasteiger partial charge in [0.15, 0.2) is 23.7 Å². The summed E-state index contributed by atoms with van der Waals surface area (Å²) in [7, 11) is -14.6. The molecule has 28 nitrogen and oxygen atoms in total. The Morgan fingerprint density at radius 1 is 0.887 bits per heavy atom. The van der Waals surface area contributed by atoms with Crippen LogP contribution >= 0.6 is 23.5 Å². The molecular formula is C22H32N10O18P3+. The van der Waals surface area contributed by atoms with Crippen LogP contribution in [0.4, 0.5) is 11.9 Å². The molecule has 0 aliphatic carbocycles. The number of nitrogen functional groups attached to an aromatic ring is 2. The molecule has 0 amide bonds. The largest absolute Gasteiger partial charge is 0.490 e. The van der Waals surface area contributed by atoms with Gasteiger partial charge in [-0.25, -0.2) is 23.2 Å². The number of imidazole rings is 2. The number of fused-ring (bicyclic) bond motifs is 2. The van der Waals surface area contributed by atoms with Gasteiger partial charge in [-0.15, -0.1) is 0 Å². The summed E-state index contributed by atoms with van der Waals surface area (Å²) in [6.07, 6.45) is -11.0. The van der Waals surface area contributed by atoms with Crippen molar-refractivity contribution < 1.29 is 80.5 Å². The summed E-state index contributed by atoms with van der Waals surface area (Å²) in [5.41, 5.74) is 9.70. The Labute approximate surface area is 293 Å². The predicted molar refractivity (Wildman–Crippen MR) is 169 cm³/mol. The maximum absolute atomic E-state index is 12.5. The molecule has 53 heavy (non-hydrogen) atoms. The number of aromatic nitrogens is 8. The fourth-order valence-corrected chi connectivity index (χ4v) is 9.08. The topological polar surface area (TPSA) is 408 Å². The van der Waals surface area contributed by atoms with Crippen molar-refractivity contribution in [1.29, 1.82) is 0 Å². The summed E-state index contributed by atoms with van der Waals surface area (Å²) in [4.78, 5) is 69.0. The second kappa shape index (κ2) is 14.0. The van der Waals surface area contributed by atoms with Crippen LogP contribution in [0.25, 0.3) is 22.3 Å². The number of aliphatic hydroxyl groups excluding tert-OH is 4. The molecule has 0 bridgehead atoms. The summed E-state index contributed by atoms with van der Waals surface area (Å²) in [6.45, 7) is -2.17. The van der Waals surface area contributed by atoms with Gasteiger partial charge < -0.3 is 56.0 Å². The molecular weight excluding hydrogens is 785 g/mol. The van der Waals surface area contributed by atoms with Crippen molar-refractivity contribution in [2.45, 2.75) is 49.1 Å². The maximum Gasteiger partial charge on any atom is 0.490 e. The van der Waals surface area contributed by atoms with Crippen LogP contribution in [0.5, 0.6) is 0 Å². The van der Waals surface area contributed by atoms with Crippen LogP contribution in [0.1, 0.15) is 12.5 Å². The second-order valence-electron chi connectivity index (χ2n) is 11.7. The monoisotopic (exact) mass is 817 g/mol.